The van der Waals surface area contributed by atoms with Crippen LogP contribution < -0.4 is 9.47 Å². The second kappa shape index (κ2) is 7.98. The van der Waals surface area contributed by atoms with E-state index in [4.69, 9.17) is 9.47 Å². The monoisotopic (exact) mass is 395 g/mol. The van der Waals surface area contributed by atoms with Crippen molar-refractivity contribution in [3.8, 4) is 22.1 Å². The topological polar surface area (TPSA) is 51.6 Å². The van der Waals surface area contributed by atoms with Gasteiger partial charge in [-0.2, -0.15) is 13.2 Å². The standard InChI is InChI=1S/C19H16F3NO3S/c1-25-14-3-2-4-15(9-14)26-11-17-16(10-24)23-18(27-17)12-5-7-13(8-6-12)19(20,21)22/h2-9,24H,10-11H2,1H3. The normalized spacial score (nSPS) is 11.4. The molecule has 0 aliphatic rings. The number of hydrogen-bond acceptors (Lipinski definition) is 5. The third-order valence-electron chi connectivity index (χ3n) is 3.80. The lowest BCUT2D eigenvalue weighted by molar-refractivity contribution is -0.137. The highest BCUT2D eigenvalue weighted by Crippen LogP contribution is 2.33. The van der Waals surface area contributed by atoms with E-state index in [0.29, 0.717) is 32.6 Å². The first-order chi connectivity index (χ1) is 12.9. The van der Waals surface area contributed by atoms with Crippen molar-refractivity contribution in [2.75, 3.05) is 7.11 Å². The first-order valence-corrected chi connectivity index (χ1v) is 8.76. The molecule has 2 aromatic carbocycles. The zero-order valence-corrected chi connectivity index (χ0v) is 15.1. The maximum absolute atomic E-state index is 12.7. The van der Waals surface area contributed by atoms with Gasteiger partial charge in [0.15, 0.2) is 0 Å². The molecule has 1 heterocycles. The first-order valence-electron chi connectivity index (χ1n) is 7.94. The van der Waals surface area contributed by atoms with Gasteiger partial charge in [-0.15, -0.1) is 11.3 Å². The van der Waals surface area contributed by atoms with Crippen LogP contribution in [-0.4, -0.2) is 17.2 Å². The number of nitrogens with zero attached hydrogens (tertiary/aromatic N) is 1. The Kier molecular flexibility index (Phi) is 5.67. The van der Waals surface area contributed by atoms with Crippen molar-refractivity contribution in [1.82, 2.24) is 4.98 Å². The predicted molar refractivity (Wildman–Crippen MR) is 95.8 cm³/mol. The van der Waals surface area contributed by atoms with Gasteiger partial charge in [-0.25, -0.2) is 4.98 Å². The van der Waals surface area contributed by atoms with E-state index in [1.54, 1.807) is 31.4 Å². The summed E-state index contributed by atoms with van der Waals surface area (Å²) >= 11 is 1.27. The zero-order chi connectivity index (χ0) is 19.4. The molecule has 0 bridgehead atoms. The molecule has 3 aromatic rings. The van der Waals surface area contributed by atoms with Crippen LogP contribution in [0.3, 0.4) is 0 Å². The Morgan fingerprint density at radius 3 is 2.41 bits per heavy atom. The highest BCUT2D eigenvalue weighted by molar-refractivity contribution is 7.15. The van der Waals surface area contributed by atoms with Crippen LogP contribution >= 0.6 is 11.3 Å². The summed E-state index contributed by atoms with van der Waals surface area (Å²) in [5.41, 5.74) is 0.278. The number of aliphatic hydroxyl groups excluding tert-OH is 1. The summed E-state index contributed by atoms with van der Waals surface area (Å²) in [5, 5.41) is 10.1. The Hall–Kier alpha value is -2.58. The number of alkyl halides is 3. The highest BCUT2D eigenvalue weighted by Gasteiger charge is 2.30. The first kappa shape index (κ1) is 19.2. The molecule has 0 saturated carbocycles. The molecule has 0 unspecified atom stereocenters. The highest BCUT2D eigenvalue weighted by atomic mass is 32.1. The SMILES string of the molecule is COc1cccc(OCc2sc(-c3ccc(C(F)(F)F)cc3)nc2CO)c1. The lowest BCUT2D eigenvalue weighted by Crippen LogP contribution is -2.03. The van der Waals surface area contributed by atoms with Gasteiger partial charge in [0.1, 0.15) is 23.1 Å². The summed E-state index contributed by atoms with van der Waals surface area (Å²) in [4.78, 5) is 5.02. The Morgan fingerprint density at radius 2 is 1.78 bits per heavy atom. The van der Waals surface area contributed by atoms with Crippen molar-refractivity contribution < 1.29 is 27.8 Å². The fraction of sp³-hybridized carbons (Fsp3) is 0.211. The van der Waals surface area contributed by atoms with E-state index in [1.165, 1.54) is 23.5 Å². The van der Waals surface area contributed by atoms with E-state index in [2.05, 4.69) is 4.98 Å². The number of hydrogen-bond donors (Lipinski definition) is 1. The van der Waals surface area contributed by atoms with Crippen LogP contribution in [-0.2, 0) is 19.4 Å². The van der Waals surface area contributed by atoms with Crippen molar-refractivity contribution in [2.24, 2.45) is 0 Å². The average Bonchev–Trinajstić information content (AvgIpc) is 3.09. The Labute approximate surface area is 157 Å². The number of ether oxygens (including phenoxy) is 2. The number of aromatic nitrogens is 1. The van der Waals surface area contributed by atoms with Crippen LogP contribution in [0.1, 0.15) is 16.1 Å². The molecular formula is C19H16F3NO3S. The summed E-state index contributed by atoms with van der Waals surface area (Å²) in [7, 11) is 1.56. The van der Waals surface area contributed by atoms with Crippen LogP contribution in [0.4, 0.5) is 13.2 Å². The number of rotatable bonds is 6. The van der Waals surface area contributed by atoms with Crippen LogP contribution in [0.5, 0.6) is 11.5 Å². The largest absolute Gasteiger partial charge is 0.497 e. The van der Waals surface area contributed by atoms with Gasteiger partial charge in [-0.1, -0.05) is 18.2 Å². The summed E-state index contributed by atoms with van der Waals surface area (Å²) in [6.07, 6.45) is -4.38. The second-order valence-corrected chi connectivity index (χ2v) is 6.67. The molecule has 8 heteroatoms. The van der Waals surface area contributed by atoms with Gasteiger partial charge >= 0.3 is 6.18 Å². The molecule has 1 aromatic heterocycles. The molecule has 4 nitrogen and oxygen atoms in total. The molecule has 0 atom stereocenters. The van der Waals surface area contributed by atoms with Crippen LogP contribution in [0.15, 0.2) is 48.5 Å². The zero-order valence-electron chi connectivity index (χ0n) is 14.3. The lowest BCUT2D eigenvalue weighted by atomic mass is 10.1. The van der Waals surface area contributed by atoms with E-state index < -0.39 is 11.7 Å². The molecule has 142 valence electrons. The van der Waals surface area contributed by atoms with Gasteiger partial charge in [0.05, 0.1) is 29.9 Å². The van der Waals surface area contributed by atoms with E-state index in [0.717, 1.165) is 12.1 Å². The number of benzene rings is 2. The van der Waals surface area contributed by atoms with Crippen LogP contribution in [0.25, 0.3) is 10.6 Å². The Bertz CT molecular complexity index is 907. The molecule has 0 amide bonds. The molecule has 0 aliphatic heterocycles. The van der Waals surface area contributed by atoms with Gasteiger partial charge in [0.2, 0.25) is 0 Å². The van der Waals surface area contributed by atoms with E-state index >= 15 is 0 Å². The molecule has 0 saturated heterocycles. The molecule has 0 fully saturated rings. The van der Waals surface area contributed by atoms with Crippen molar-refractivity contribution in [3.63, 3.8) is 0 Å². The molecule has 27 heavy (non-hydrogen) atoms. The van der Waals surface area contributed by atoms with Crippen LogP contribution in [0, 0.1) is 0 Å². The summed E-state index contributed by atoms with van der Waals surface area (Å²) in [6.45, 7) is -0.102. The summed E-state index contributed by atoms with van der Waals surface area (Å²) < 4.78 is 48.9. The Balaban J connectivity index is 1.78. The lowest BCUT2D eigenvalue weighted by Gasteiger charge is -2.07. The van der Waals surface area contributed by atoms with E-state index in [1.807, 2.05) is 0 Å². The van der Waals surface area contributed by atoms with E-state index in [9.17, 15) is 18.3 Å². The third-order valence-corrected chi connectivity index (χ3v) is 4.92. The minimum atomic E-state index is -4.38. The number of methoxy groups -OCH3 is 1. The minimum absolute atomic E-state index is 0.182. The maximum Gasteiger partial charge on any atom is 0.416 e. The number of aliphatic hydroxyl groups is 1. The van der Waals surface area contributed by atoms with Crippen molar-refractivity contribution >= 4 is 11.3 Å². The van der Waals surface area contributed by atoms with Crippen molar-refractivity contribution in [1.29, 1.82) is 0 Å². The molecule has 0 radical (unpaired) electrons. The molecule has 1 N–H and O–H groups in total. The second-order valence-electron chi connectivity index (χ2n) is 5.59. The molecular weight excluding hydrogens is 379 g/mol. The number of thiazole rings is 1. The van der Waals surface area contributed by atoms with Crippen molar-refractivity contribution in [3.05, 3.63) is 64.7 Å². The smallest absolute Gasteiger partial charge is 0.416 e. The van der Waals surface area contributed by atoms with Gasteiger partial charge in [-0.3, -0.25) is 0 Å². The van der Waals surface area contributed by atoms with Gasteiger partial charge in [0, 0.05) is 11.6 Å². The van der Waals surface area contributed by atoms with Gasteiger partial charge in [0.25, 0.3) is 0 Å². The quantitative estimate of drug-likeness (QED) is 0.644. The predicted octanol–water partition coefficient (Wildman–Crippen LogP) is 4.91. The van der Waals surface area contributed by atoms with Gasteiger partial charge < -0.3 is 14.6 Å². The fourth-order valence-electron chi connectivity index (χ4n) is 2.38. The summed E-state index contributed by atoms with van der Waals surface area (Å²) in [6, 6.07) is 11.9. The maximum atomic E-state index is 12.7. The Morgan fingerprint density at radius 1 is 1.07 bits per heavy atom. The molecule has 0 aliphatic carbocycles. The minimum Gasteiger partial charge on any atom is -0.497 e. The number of halogens is 3. The fourth-order valence-corrected chi connectivity index (χ4v) is 3.37. The molecule has 3 rings (SSSR count). The van der Waals surface area contributed by atoms with E-state index in [-0.39, 0.29) is 13.2 Å². The van der Waals surface area contributed by atoms with Crippen molar-refractivity contribution in [2.45, 2.75) is 19.4 Å². The molecule has 0 spiro atoms. The van der Waals surface area contributed by atoms with Crippen LogP contribution in [0.2, 0.25) is 0 Å². The third kappa shape index (κ3) is 4.58. The average molecular weight is 395 g/mol. The summed E-state index contributed by atoms with van der Waals surface area (Å²) in [5.74, 6) is 1.26. The van der Waals surface area contributed by atoms with Gasteiger partial charge in [-0.05, 0) is 24.3 Å².